The van der Waals surface area contributed by atoms with E-state index in [0.717, 1.165) is 24.7 Å². The molecule has 0 unspecified atom stereocenters. The molecule has 0 amide bonds. The minimum absolute atomic E-state index is 0.251. The lowest BCUT2D eigenvalue weighted by Crippen LogP contribution is -2.12. The molecule has 0 bridgehead atoms. The maximum atomic E-state index is 6.15. The molecule has 0 radical (unpaired) electrons. The van der Waals surface area contributed by atoms with Crippen molar-refractivity contribution >= 4 is 0 Å². The van der Waals surface area contributed by atoms with Gasteiger partial charge in [0, 0.05) is 12.5 Å². The lowest BCUT2D eigenvalue weighted by molar-refractivity contribution is 0.356. The lowest BCUT2D eigenvalue weighted by atomic mass is 10.00. The standard InChI is InChI=1S/C12H15NO/c13-12(8-1-2-8)10-3-4-11-9(7-10)5-6-14-11/h3-4,7-8,12H,1-2,5-6,13H2/t12-/m1/s1. The van der Waals surface area contributed by atoms with E-state index in [1.807, 2.05) is 0 Å². The first-order valence-corrected chi connectivity index (χ1v) is 5.36. The molecule has 1 saturated carbocycles. The fraction of sp³-hybridized carbons (Fsp3) is 0.500. The molecule has 74 valence electrons. The molecule has 1 fully saturated rings. The highest BCUT2D eigenvalue weighted by atomic mass is 16.5. The third-order valence-electron chi connectivity index (χ3n) is 3.23. The zero-order chi connectivity index (χ0) is 9.54. The first-order chi connectivity index (χ1) is 6.84. The molecule has 2 N–H and O–H groups in total. The summed E-state index contributed by atoms with van der Waals surface area (Å²) >= 11 is 0. The van der Waals surface area contributed by atoms with E-state index in [9.17, 15) is 0 Å². The van der Waals surface area contributed by atoms with Gasteiger partial charge in [0.05, 0.1) is 6.61 Å². The first kappa shape index (κ1) is 8.30. The summed E-state index contributed by atoms with van der Waals surface area (Å²) < 4.78 is 5.47. The van der Waals surface area contributed by atoms with Crippen LogP contribution in [0.5, 0.6) is 5.75 Å². The number of rotatable bonds is 2. The van der Waals surface area contributed by atoms with Crippen LogP contribution in [-0.4, -0.2) is 6.61 Å². The van der Waals surface area contributed by atoms with Gasteiger partial charge in [0.15, 0.2) is 0 Å². The molecule has 2 heteroatoms. The number of hydrogen-bond acceptors (Lipinski definition) is 2. The smallest absolute Gasteiger partial charge is 0.122 e. The average molecular weight is 189 g/mol. The van der Waals surface area contributed by atoms with E-state index >= 15 is 0 Å². The summed E-state index contributed by atoms with van der Waals surface area (Å²) in [4.78, 5) is 0. The van der Waals surface area contributed by atoms with Gasteiger partial charge in [-0.05, 0) is 36.0 Å². The van der Waals surface area contributed by atoms with E-state index in [2.05, 4.69) is 18.2 Å². The Morgan fingerprint density at radius 1 is 1.36 bits per heavy atom. The highest BCUT2D eigenvalue weighted by Gasteiger charge is 2.30. The molecule has 0 spiro atoms. The van der Waals surface area contributed by atoms with Gasteiger partial charge in [-0.15, -0.1) is 0 Å². The van der Waals surface area contributed by atoms with Crippen LogP contribution in [0.15, 0.2) is 18.2 Å². The van der Waals surface area contributed by atoms with Crippen molar-refractivity contribution in [2.45, 2.75) is 25.3 Å². The van der Waals surface area contributed by atoms with Gasteiger partial charge in [0.1, 0.15) is 5.75 Å². The fourth-order valence-corrected chi connectivity index (χ4v) is 2.14. The highest BCUT2D eigenvalue weighted by molar-refractivity contribution is 5.41. The van der Waals surface area contributed by atoms with Gasteiger partial charge in [0.25, 0.3) is 0 Å². The Labute approximate surface area is 84.1 Å². The van der Waals surface area contributed by atoms with E-state index in [0.29, 0.717) is 0 Å². The van der Waals surface area contributed by atoms with Crippen molar-refractivity contribution in [2.75, 3.05) is 6.61 Å². The summed E-state index contributed by atoms with van der Waals surface area (Å²) in [6.07, 6.45) is 3.64. The van der Waals surface area contributed by atoms with E-state index in [-0.39, 0.29) is 6.04 Å². The summed E-state index contributed by atoms with van der Waals surface area (Å²) in [7, 11) is 0. The predicted octanol–water partition coefficient (Wildman–Crippen LogP) is 2.03. The summed E-state index contributed by atoms with van der Waals surface area (Å²) in [6, 6.07) is 6.67. The Morgan fingerprint density at radius 3 is 3.00 bits per heavy atom. The lowest BCUT2D eigenvalue weighted by Gasteiger charge is -2.11. The third-order valence-corrected chi connectivity index (χ3v) is 3.23. The molecular formula is C12H15NO. The minimum atomic E-state index is 0.251. The van der Waals surface area contributed by atoms with Crippen molar-refractivity contribution in [1.82, 2.24) is 0 Å². The SMILES string of the molecule is N[C@@H](c1ccc2c(c1)CCO2)C1CC1. The van der Waals surface area contributed by atoms with Gasteiger partial charge in [0.2, 0.25) is 0 Å². The van der Waals surface area contributed by atoms with Crippen LogP contribution in [0.4, 0.5) is 0 Å². The van der Waals surface area contributed by atoms with Crippen molar-refractivity contribution in [3.63, 3.8) is 0 Å². The third kappa shape index (κ3) is 1.30. The number of benzene rings is 1. The highest BCUT2D eigenvalue weighted by Crippen LogP contribution is 2.40. The van der Waals surface area contributed by atoms with Crippen LogP contribution in [0.1, 0.15) is 30.0 Å². The van der Waals surface area contributed by atoms with Crippen molar-refractivity contribution in [2.24, 2.45) is 11.7 Å². The molecular weight excluding hydrogens is 174 g/mol. The molecule has 1 aromatic rings. The largest absolute Gasteiger partial charge is 0.493 e. The molecule has 3 rings (SSSR count). The molecule has 1 heterocycles. The van der Waals surface area contributed by atoms with Gasteiger partial charge < -0.3 is 10.5 Å². The molecule has 2 aliphatic rings. The number of fused-ring (bicyclic) bond motifs is 1. The van der Waals surface area contributed by atoms with E-state index < -0.39 is 0 Å². The van der Waals surface area contributed by atoms with Crippen LogP contribution >= 0.6 is 0 Å². The van der Waals surface area contributed by atoms with Crippen LogP contribution in [0.3, 0.4) is 0 Å². The molecule has 1 atom stereocenters. The Balaban J connectivity index is 1.91. The Kier molecular flexibility index (Phi) is 1.77. The second-order valence-electron chi connectivity index (χ2n) is 4.33. The van der Waals surface area contributed by atoms with Gasteiger partial charge >= 0.3 is 0 Å². The first-order valence-electron chi connectivity index (χ1n) is 5.36. The maximum absolute atomic E-state index is 6.15. The van der Waals surface area contributed by atoms with Crippen molar-refractivity contribution in [3.05, 3.63) is 29.3 Å². The summed E-state index contributed by atoms with van der Waals surface area (Å²) in [5.41, 5.74) is 8.77. The van der Waals surface area contributed by atoms with Crippen LogP contribution in [0, 0.1) is 5.92 Å². The molecule has 0 aromatic heterocycles. The van der Waals surface area contributed by atoms with Crippen LogP contribution in [0.25, 0.3) is 0 Å². The zero-order valence-corrected chi connectivity index (χ0v) is 8.20. The number of hydrogen-bond donors (Lipinski definition) is 1. The van der Waals surface area contributed by atoms with Crippen molar-refractivity contribution < 1.29 is 4.74 Å². The molecule has 1 aromatic carbocycles. The van der Waals surface area contributed by atoms with Gasteiger partial charge in [-0.2, -0.15) is 0 Å². The van der Waals surface area contributed by atoms with E-state index in [4.69, 9.17) is 10.5 Å². The van der Waals surface area contributed by atoms with Crippen LogP contribution < -0.4 is 10.5 Å². The number of nitrogens with two attached hydrogens (primary N) is 1. The average Bonchev–Trinajstić information content (AvgIpc) is 2.95. The molecule has 1 aliphatic heterocycles. The minimum Gasteiger partial charge on any atom is -0.493 e. The normalized spacial score (nSPS) is 21.5. The quantitative estimate of drug-likeness (QED) is 0.772. The second kappa shape index (κ2) is 2.99. The summed E-state index contributed by atoms with van der Waals surface area (Å²) in [5.74, 6) is 1.78. The summed E-state index contributed by atoms with van der Waals surface area (Å²) in [5, 5.41) is 0. The molecule has 0 saturated heterocycles. The fourth-order valence-electron chi connectivity index (χ4n) is 2.14. The van der Waals surface area contributed by atoms with Gasteiger partial charge in [-0.25, -0.2) is 0 Å². The van der Waals surface area contributed by atoms with Gasteiger partial charge in [-0.1, -0.05) is 12.1 Å². The zero-order valence-electron chi connectivity index (χ0n) is 8.20. The molecule has 1 aliphatic carbocycles. The van der Waals surface area contributed by atoms with E-state index in [1.165, 1.54) is 24.0 Å². The van der Waals surface area contributed by atoms with Crippen LogP contribution in [-0.2, 0) is 6.42 Å². The van der Waals surface area contributed by atoms with Crippen molar-refractivity contribution in [1.29, 1.82) is 0 Å². The van der Waals surface area contributed by atoms with E-state index in [1.54, 1.807) is 0 Å². The monoisotopic (exact) mass is 189 g/mol. The topological polar surface area (TPSA) is 35.2 Å². The molecule has 14 heavy (non-hydrogen) atoms. The second-order valence-corrected chi connectivity index (χ2v) is 4.33. The Morgan fingerprint density at radius 2 is 2.21 bits per heavy atom. The predicted molar refractivity (Wildman–Crippen MR) is 55.3 cm³/mol. The van der Waals surface area contributed by atoms with Crippen molar-refractivity contribution in [3.8, 4) is 5.75 Å². The summed E-state index contributed by atoms with van der Waals surface area (Å²) in [6.45, 7) is 0.831. The maximum Gasteiger partial charge on any atom is 0.122 e. The Bertz CT molecular complexity index is 357. The molecule has 2 nitrogen and oxygen atoms in total. The van der Waals surface area contributed by atoms with Crippen LogP contribution in [0.2, 0.25) is 0 Å². The number of ether oxygens (including phenoxy) is 1. The Hall–Kier alpha value is -1.02. The van der Waals surface area contributed by atoms with Gasteiger partial charge in [-0.3, -0.25) is 0 Å².